The maximum absolute atomic E-state index is 9.50. The zero-order valence-corrected chi connectivity index (χ0v) is 17.7. The molecule has 1 heterocycles. The number of phenols is 1. The highest BCUT2D eigenvalue weighted by Crippen LogP contribution is 2.19. The predicted octanol–water partition coefficient (Wildman–Crippen LogP) is 4.32. The smallest absolute Gasteiger partial charge is 0.115 e. The van der Waals surface area contributed by atoms with E-state index in [1.807, 2.05) is 6.07 Å². The Hall–Kier alpha value is -1.88. The first-order valence-electron chi connectivity index (χ1n) is 10.4. The lowest BCUT2D eigenvalue weighted by molar-refractivity contribution is 0.257. The third kappa shape index (κ3) is 7.63. The van der Waals surface area contributed by atoms with Crippen LogP contribution in [0.1, 0.15) is 48.4 Å². The number of hydrogen-bond donors (Lipinski definition) is 2. The standard InChI is InChI=1S/C18H23NO2.C6H13N/c1-3-19(11-15-6-4-14(2)5-7-15)12-16-8-9-18(21)10-17(16)13-20;1-7-5-3-2-4-6-7/h4-10,20-21H,3,11-13H2,1-2H3;2-6H2,1H3. The fourth-order valence-electron chi connectivity index (χ4n) is 3.44. The second kappa shape index (κ2) is 11.8. The Morgan fingerprint density at radius 3 is 2.14 bits per heavy atom. The summed E-state index contributed by atoms with van der Waals surface area (Å²) < 4.78 is 0. The van der Waals surface area contributed by atoms with E-state index in [0.29, 0.717) is 0 Å². The number of nitrogens with zero attached hydrogens (tertiary/aromatic N) is 2. The molecule has 2 N–H and O–H groups in total. The Kier molecular flexibility index (Phi) is 9.48. The van der Waals surface area contributed by atoms with Crippen molar-refractivity contribution < 1.29 is 10.2 Å². The van der Waals surface area contributed by atoms with Crippen molar-refractivity contribution >= 4 is 0 Å². The van der Waals surface area contributed by atoms with Crippen LogP contribution in [0.2, 0.25) is 0 Å². The Bertz CT molecular complexity index is 694. The zero-order chi connectivity index (χ0) is 20.4. The lowest BCUT2D eigenvalue weighted by Crippen LogP contribution is -2.24. The number of aliphatic hydroxyl groups is 1. The molecule has 0 atom stereocenters. The molecule has 0 radical (unpaired) electrons. The van der Waals surface area contributed by atoms with Crippen LogP contribution in [-0.2, 0) is 19.7 Å². The van der Waals surface area contributed by atoms with Gasteiger partial charge in [-0.3, -0.25) is 4.90 Å². The van der Waals surface area contributed by atoms with Crippen LogP contribution in [0.15, 0.2) is 42.5 Å². The van der Waals surface area contributed by atoms with Crippen molar-refractivity contribution in [3.8, 4) is 5.75 Å². The molecule has 1 aliphatic rings. The molecule has 28 heavy (non-hydrogen) atoms. The van der Waals surface area contributed by atoms with Crippen molar-refractivity contribution in [2.75, 3.05) is 26.7 Å². The fourth-order valence-corrected chi connectivity index (χ4v) is 3.44. The highest BCUT2D eigenvalue weighted by atomic mass is 16.3. The van der Waals surface area contributed by atoms with Crippen molar-refractivity contribution in [2.45, 2.75) is 52.8 Å². The molecule has 3 rings (SSSR count). The van der Waals surface area contributed by atoms with E-state index in [0.717, 1.165) is 30.8 Å². The van der Waals surface area contributed by atoms with Gasteiger partial charge in [-0.25, -0.2) is 0 Å². The third-order valence-electron chi connectivity index (χ3n) is 5.31. The van der Waals surface area contributed by atoms with E-state index in [-0.39, 0.29) is 12.4 Å². The lowest BCUT2D eigenvalue weighted by Gasteiger charge is -2.22. The second-order valence-corrected chi connectivity index (χ2v) is 7.76. The fraction of sp³-hybridized carbons (Fsp3) is 0.500. The summed E-state index contributed by atoms with van der Waals surface area (Å²) in [5.74, 6) is 0.199. The molecule has 1 saturated heterocycles. The summed E-state index contributed by atoms with van der Waals surface area (Å²) in [6, 6.07) is 13.8. The molecule has 0 aliphatic carbocycles. The first-order valence-corrected chi connectivity index (χ1v) is 10.4. The predicted molar refractivity (Wildman–Crippen MR) is 116 cm³/mol. The Balaban J connectivity index is 0.000000336. The monoisotopic (exact) mass is 384 g/mol. The number of aliphatic hydroxyl groups excluding tert-OH is 1. The van der Waals surface area contributed by atoms with Crippen LogP contribution in [0, 0.1) is 6.92 Å². The number of aromatic hydroxyl groups is 1. The van der Waals surface area contributed by atoms with Gasteiger partial charge in [-0.1, -0.05) is 49.2 Å². The van der Waals surface area contributed by atoms with E-state index in [1.165, 1.54) is 43.5 Å². The van der Waals surface area contributed by atoms with Crippen molar-refractivity contribution in [2.24, 2.45) is 0 Å². The van der Waals surface area contributed by atoms with E-state index in [2.05, 4.69) is 55.0 Å². The molecular weight excluding hydrogens is 348 g/mol. The molecule has 4 nitrogen and oxygen atoms in total. The number of hydrogen-bond acceptors (Lipinski definition) is 4. The van der Waals surface area contributed by atoms with E-state index in [1.54, 1.807) is 12.1 Å². The van der Waals surface area contributed by atoms with Crippen molar-refractivity contribution in [3.05, 3.63) is 64.7 Å². The third-order valence-corrected chi connectivity index (χ3v) is 5.31. The Labute approximate surface area is 170 Å². The Morgan fingerprint density at radius 1 is 0.929 bits per heavy atom. The molecule has 2 aromatic carbocycles. The van der Waals surface area contributed by atoms with E-state index < -0.39 is 0 Å². The molecule has 0 aromatic heterocycles. The van der Waals surface area contributed by atoms with Gasteiger partial charge in [-0.15, -0.1) is 0 Å². The van der Waals surface area contributed by atoms with Crippen LogP contribution < -0.4 is 0 Å². The zero-order valence-electron chi connectivity index (χ0n) is 17.7. The molecule has 2 aromatic rings. The highest BCUT2D eigenvalue weighted by molar-refractivity contribution is 5.34. The number of aryl methyl sites for hydroxylation is 1. The topological polar surface area (TPSA) is 46.9 Å². The van der Waals surface area contributed by atoms with Crippen LogP contribution in [0.25, 0.3) is 0 Å². The molecule has 0 saturated carbocycles. The van der Waals surface area contributed by atoms with Crippen LogP contribution in [0.4, 0.5) is 0 Å². The summed E-state index contributed by atoms with van der Waals surface area (Å²) in [4.78, 5) is 4.71. The largest absolute Gasteiger partial charge is 0.508 e. The minimum absolute atomic E-state index is 0.0498. The summed E-state index contributed by atoms with van der Waals surface area (Å²) >= 11 is 0. The molecule has 4 heteroatoms. The molecular formula is C24H36N2O2. The van der Waals surface area contributed by atoms with Gasteiger partial charge >= 0.3 is 0 Å². The van der Waals surface area contributed by atoms with E-state index in [4.69, 9.17) is 0 Å². The van der Waals surface area contributed by atoms with E-state index >= 15 is 0 Å². The lowest BCUT2D eigenvalue weighted by atomic mass is 10.1. The number of rotatable bonds is 6. The number of piperidine rings is 1. The minimum atomic E-state index is -0.0498. The summed E-state index contributed by atoms with van der Waals surface area (Å²) in [5.41, 5.74) is 4.40. The average Bonchev–Trinajstić information content (AvgIpc) is 2.71. The van der Waals surface area contributed by atoms with Gasteiger partial charge in [0, 0.05) is 13.1 Å². The van der Waals surface area contributed by atoms with Crippen molar-refractivity contribution in [1.82, 2.24) is 9.80 Å². The summed E-state index contributed by atoms with van der Waals surface area (Å²) in [7, 11) is 2.19. The number of benzene rings is 2. The van der Waals surface area contributed by atoms with Crippen LogP contribution in [-0.4, -0.2) is 46.7 Å². The summed E-state index contributed by atoms with van der Waals surface area (Å²) in [6.45, 7) is 9.38. The molecule has 0 spiro atoms. The highest BCUT2D eigenvalue weighted by Gasteiger charge is 2.09. The molecule has 0 unspecified atom stereocenters. The first-order chi connectivity index (χ1) is 13.5. The van der Waals surface area contributed by atoms with Gasteiger partial charge in [0.15, 0.2) is 0 Å². The van der Waals surface area contributed by atoms with Gasteiger partial charge in [0.1, 0.15) is 5.75 Å². The van der Waals surface area contributed by atoms with Crippen molar-refractivity contribution in [3.63, 3.8) is 0 Å². The molecule has 154 valence electrons. The maximum Gasteiger partial charge on any atom is 0.115 e. The summed E-state index contributed by atoms with van der Waals surface area (Å²) in [5, 5.41) is 18.9. The molecule has 0 amide bonds. The quantitative estimate of drug-likeness (QED) is 0.779. The van der Waals surface area contributed by atoms with Crippen LogP contribution in [0.5, 0.6) is 5.75 Å². The normalized spacial score (nSPS) is 14.6. The van der Waals surface area contributed by atoms with Gasteiger partial charge < -0.3 is 15.1 Å². The van der Waals surface area contributed by atoms with E-state index in [9.17, 15) is 10.2 Å². The average molecular weight is 385 g/mol. The molecule has 1 aliphatic heterocycles. The summed E-state index contributed by atoms with van der Waals surface area (Å²) in [6.07, 6.45) is 4.28. The first kappa shape index (κ1) is 22.4. The van der Waals surface area contributed by atoms with Gasteiger partial charge in [0.25, 0.3) is 0 Å². The van der Waals surface area contributed by atoms with Gasteiger partial charge in [-0.05, 0) is 75.3 Å². The SMILES string of the molecule is CCN(Cc1ccc(C)cc1)Cc1ccc(O)cc1CO.CN1CCCCC1. The van der Waals surface area contributed by atoms with Crippen LogP contribution in [0.3, 0.4) is 0 Å². The van der Waals surface area contributed by atoms with Crippen LogP contribution >= 0.6 is 0 Å². The Morgan fingerprint density at radius 2 is 1.61 bits per heavy atom. The minimum Gasteiger partial charge on any atom is -0.508 e. The van der Waals surface area contributed by atoms with Gasteiger partial charge in [0.05, 0.1) is 6.61 Å². The van der Waals surface area contributed by atoms with Gasteiger partial charge in [-0.2, -0.15) is 0 Å². The van der Waals surface area contributed by atoms with Gasteiger partial charge in [0.2, 0.25) is 0 Å². The number of likely N-dealkylation sites (tertiary alicyclic amines) is 1. The van der Waals surface area contributed by atoms with Crippen molar-refractivity contribution in [1.29, 1.82) is 0 Å². The second-order valence-electron chi connectivity index (χ2n) is 7.76. The maximum atomic E-state index is 9.50. The molecule has 1 fully saturated rings. The molecule has 0 bridgehead atoms. The number of phenolic OH excluding ortho intramolecular Hbond substituents is 1.